The van der Waals surface area contributed by atoms with Crippen LogP contribution in [0.1, 0.15) is 29.3 Å². The van der Waals surface area contributed by atoms with E-state index in [4.69, 9.17) is 5.73 Å². The third-order valence-electron chi connectivity index (χ3n) is 2.99. The van der Waals surface area contributed by atoms with Crippen LogP contribution in [-0.4, -0.2) is 5.91 Å². The number of rotatable bonds is 4. The van der Waals surface area contributed by atoms with E-state index in [1.54, 1.807) is 0 Å². The van der Waals surface area contributed by atoms with E-state index in [9.17, 15) is 9.18 Å². The van der Waals surface area contributed by atoms with Crippen molar-refractivity contribution in [3.63, 3.8) is 0 Å². The third kappa shape index (κ3) is 3.35. The molecule has 0 saturated carbocycles. The van der Waals surface area contributed by atoms with Gasteiger partial charge in [0, 0.05) is 11.4 Å². The first kappa shape index (κ1) is 14.1. The fourth-order valence-corrected chi connectivity index (χ4v) is 1.96. The van der Waals surface area contributed by atoms with Gasteiger partial charge in [-0.1, -0.05) is 25.5 Å². The molecule has 3 N–H and O–H groups in total. The lowest BCUT2D eigenvalue weighted by atomic mass is 10.1. The van der Waals surface area contributed by atoms with E-state index in [1.807, 2.05) is 24.3 Å². The van der Waals surface area contributed by atoms with Crippen LogP contribution in [0.5, 0.6) is 0 Å². The largest absolute Gasteiger partial charge is 0.399 e. The van der Waals surface area contributed by atoms with Crippen LogP contribution in [0.25, 0.3) is 0 Å². The molecule has 0 radical (unpaired) electrons. The van der Waals surface area contributed by atoms with E-state index >= 15 is 0 Å². The van der Waals surface area contributed by atoms with Gasteiger partial charge in [-0.3, -0.25) is 4.79 Å². The zero-order chi connectivity index (χ0) is 14.5. The average molecular weight is 272 g/mol. The van der Waals surface area contributed by atoms with Gasteiger partial charge in [0.25, 0.3) is 5.91 Å². The molecule has 0 heterocycles. The van der Waals surface area contributed by atoms with Crippen LogP contribution in [0.4, 0.5) is 15.8 Å². The summed E-state index contributed by atoms with van der Waals surface area (Å²) in [7, 11) is 0. The van der Waals surface area contributed by atoms with Crippen molar-refractivity contribution in [1.82, 2.24) is 0 Å². The van der Waals surface area contributed by atoms with Crippen LogP contribution in [-0.2, 0) is 6.42 Å². The number of halogens is 1. The highest BCUT2D eigenvalue weighted by Crippen LogP contribution is 2.15. The number of nitrogens with one attached hydrogen (secondary N) is 1. The number of carbonyl (C=O) groups is 1. The van der Waals surface area contributed by atoms with Gasteiger partial charge in [0.1, 0.15) is 5.82 Å². The molecule has 0 atom stereocenters. The van der Waals surface area contributed by atoms with E-state index in [0.717, 1.165) is 18.9 Å². The molecule has 20 heavy (non-hydrogen) atoms. The molecule has 0 saturated heterocycles. The summed E-state index contributed by atoms with van der Waals surface area (Å²) in [5.41, 5.74) is 7.59. The first-order valence-electron chi connectivity index (χ1n) is 6.55. The van der Waals surface area contributed by atoms with Gasteiger partial charge in [0.15, 0.2) is 0 Å². The molecule has 2 rings (SSSR count). The number of hydrogen-bond donors (Lipinski definition) is 2. The summed E-state index contributed by atoms with van der Waals surface area (Å²) in [5.74, 6) is -1.10. The highest BCUT2D eigenvalue weighted by atomic mass is 19.1. The van der Waals surface area contributed by atoms with Crippen LogP contribution in [0.3, 0.4) is 0 Å². The molecule has 0 spiro atoms. The Hall–Kier alpha value is -2.36. The van der Waals surface area contributed by atoms with Gasteiger partial charge in [-0.25, -0.2) is 4.39 Å². The highest BCUT2D eigenvalue weighted by molar-refractivity contribution is 6.04. The maximum atomic E-state index is 13.6. The van der Waals surface area contributed by atoms with Crippen molar-refractivity contribution in [2.75, 3.05) is 11.1 Å². The number of nitrogen functional groups attached to an aromatic ring is 1. The van der Waals surface area contributed by atoms with Crippen molar-refractivity contribution < 1.29 is 9.18 Å². The summed E-state index contributed by atoms with van der Waals surface area (Å²) in [5, 5.41) is 2.67. The van der Waals surface area contributed by atoms with Gasteiger partial charge in [-0.05, 0) is 42.3 Å². The Morgan fingerprint density at radius 1 is 1.20 bits per heavy atom. The zero-order valence-electron chi connectivity index (χ0n) is 11.3. The lowest BCUT2D eigenvalue weighted by molar-refractivity contribution is 0.102. The van der Waals surface area contributed by atoms with Crippen LogP contribution in [0.2, 0.25) is 0 Å². The Labute approximate surface area is 117 Å². The van der Waals surface area contributed by atoms with Gasteiger partial charge >= 0.3 is 0 Å². The predicted molar refractivity (Wildman–Crippen MR) is 79.2 cm³/mol. The standard InChI is InChI=1S/C16H17FN2O/c1-2-3-11-4-7-13(8-5-11)19-16(20)14-9-6-12(18)10-15(14)17/h4-10H,2-3,18H2,1H3,(H,19,20). The monoisotopic (exact) mass is 272 g/mol. The summed E-state index contributed by atoms with van der Waals surface area (Å²) >= 11 is 0. The van der Waals surface area contributed by atoms with Crippen molar-refractivity contribution in [2.45, 2.75) is 19.8 Å². The molecule has 0 unspecified atom stereocenters. The Morgan fingerprint density at radius 3 is 2.50 bits per heavy atom. The van der Waals surface area contributed by atoms with Crippen molar-refractivity contribution in [1.29, 1.82) is 0 Å². The van der Waals surface area contributed by atoms with E-state index in [1.165, 1.54) is 17.7 Å². The van der Waals surface area contributed by atoms with Gasteiger partial charge in [-0.15, -0.1) is 0 Å². The van der Waals surface area contributed by atoms with Crippen molar-refractivity contribution in [3.8, 4) is 0 Å². The molecule has 0 aliphatic rings. The molecule has 3 nitrogen and oxygen atoms in total. The van der Waals surface area contributed by atoms with E-state index in [-0.39, 0.29) is 5.56 Å². The summed E-state index contributed by atoms with van der Waals surface area (Å²) < 4.78 is 13.6. The molecule has 2 aromatic rings. The lowest BCUT2D eigenvalue weighted by Crippen LogP contribution is -2.13. The van der Waals surface area contributed by atoms with E-state index in [0.29, 0.717) is 11.4 Å². The van der Waals surface area contributed by atoms with E-state index < -0.39 is 11.7 Å². The Kier molecular flexibility index (Phi) is 4.35. The minimum atomic E-state index is -0.620. The molecular formula is C16H17FN2O. The fraction of sp³-hybridized carbons (Fsp3) is 0.188. The Bertz CT molecular complexity index is 608. The molecular weight excluding hydrogens is 255 g/mol. The first-order valence-corrected chi connectivity index (χ1v) is 6.55. The Balaban J connectivity index is 2.11. The molecule has 104 valence electrons. The molecule has 0 bridgehead atoms. The molecule has 1 amide bonds. The smallest absolute Gasteiger partial charge is 0.258 e. The maximum Gasteiger partial charge on any atom is 0.258 e. The number of carbonyl (C=O) groups excluding carboxylic acids is 1. The number of nitrogens with two attached hydrogens (primary N) is 1. The maximum absolute atomic E-state index is 13.6. The fourth-order valence-electron chi connectivity index (χ4n) is 1.96. The van der Waals surface area contributed by atoms with Crippen LogP contribution in [0.15, 0.2) is 42.5 Å². The molecule has 2 aromatic carbocycles. The van der Waals surface area contributed by atoms with Gasteiger partial charge in [-0.2, -0.15) is 0 Å². The average Bonchev–Trinajstić information content (AvgIpc) is 2.41. The predicted octanol–water partition coefficient (Wildman–Crippen LogP) is 3.61. The lowest BCUT2D eigenvalue weighted by Gasteiger charge is -2.07. The summed E-state index contributed by atoms with van der Waals surface area (Å²) in [6, 6.07) is 11.6. The van der Waals surface area contributed by atoms with Crippen molar-refractivity contribution >= 4 is 17.3 Å². The topological polar surface area (TPSA) is 55.1 Å². The van der Waals surface area contributed by atoms with Crippen LogP contribution < -0.4 is 11.1 Å². The third-order valence-corrected chi connectivity index (χ3v) is 2.99. The molecule has 0 fully saturated rings. The van der Waals surface area contributed by atoms with Gasteiger partial charge in [0.2, 0.25) is 0 Å². The minimum absolute atomic E-state index is 0.0168. The number of anilines is 2. The second kappa shape index (κ2) is 6.19. The SMILES string of the molecule is CCCc1ccc(NC(=O)c2ccc(N)cc2F)cc1. The number of benzene rings is 2. The first-order chi connectivity index (χ1) is 9.60. The van der Waals surface area contributed by atoms with Crippen molar-refractivity contribution in [3.05, 3.63) is 59.4 Å². The zero-order valence-corrected chi connectivity index (χ0v) is 11.3. The second-order valence-electron chi connectivity index (χ2n) is 4.64. The van der Waals surface area contributed by atoms with Crippen molar-refractivity contribution in [2.24, 2.45) is 0 Å². The second-order valence-corrected chi connectivity index (χ2v) is 4.64. The molecule has 4 heteroatoms. The summed E-state index contributed by atoms with van der Waals surface area (Å²) in [4.78, 5) is 12.0. The summed E-state index contributed by atoms with van der Waals surface area (Å²) in [6.07, 6.45) is 2.07. The number of aryl methyl sites for hydroxylation is 1. The molecule has 0 aliphatic heterocycles. The highest BCUT2D eigenvalue weighted by Gasteiger charge is 2.11. The van der Waals surface area contributed by atoms with Crippen LogP contribution in [0, 0.1) is 5.82 Å². The quantitative estimate of drug-likeness (QED) is 0.835. The Morgan fingerprint density at radius 2 is 1.90 bits per heavy atom. The van der Waals surface area contributed by atoms with E-state index in [2.05, 4.69) is 12.2 Å². The number of hydrogen-bond acceptors (Lipinski definition) is 2. The molecule has 0 aliphatic carbocycles. The minimum Gasteiger partial charge on any atom is -0.399 e. The van der Waals surface area contributed by atoms with Gasteiger partial charge < -0.3 is 11.1 Å². The summed E-state index contributed by atoms with van der Waals surface area (Å²) in [6.45, 7) is 2.11. The number of amides is 1. The molecule has 0 aromatic heterocycles. The van der Waals surface area contributed by atoms with Gasteiger partial charge in [0.05, 0.1) is 5.56 Å². The normalized spacial score (nSPS) is 10.3. The van der Waals surface area contributed by atoms with Crippen LogP contribution >= 0.6 is 0 Å².